The zero-order valence-corrected chi connectivity index (χ0v) is 12.8. The Morgan fingerprint density at radius 1 is 0.941 bits per heavy atom. The molecule has 0 heterocycles. The molecule has 104 valence electrons. The zero-order valence-electron chi connectivity index (χ0n) is 11.3. The van der Waals surface area contributed by atoms with Crippen molar-refractivity contribution >= 4 is 19.7 Å². The maximum Gasteiger partial charge on any atom is 0.232 e. The van der Waals surface area contributed by atoms with E-state index in [1.807, 2.05) is 0 Å². The lowest BCUT2D eigenvalue weighted by atomic mass is 9.94. The van der Waals surface area contributed by atoms with Gasteiger partial charge in [-0.05, 0) is 5.92 Å². The van der Waals surface area contributed by atoms with Crippen LogP contribution in [0.2, 0.25) is 0 Å². The van der Waals surface area contributed by atoms with E-state index in [0.717, 1.165) is 5.92 Å². The van der Waals surface area contributed by atoms with Crippen molar-refractivity contribution in [1.29, 1.82) is 0 Å². The van der Waals surface area contributed by atoms with Crippen LogP contribution in [-0.4, -0.2) is 14.2 Å². The summed E-state index contributed by atoms with van der Waals surface area (Å²) >= 11 is 0. The summed E-state index contributed by atoms with van der Waals surface area (Å²) in [5, 5.41) is 0. The van der Waals surface area contributed by atoms with Crippen LogP contribution in [0.25, 0.3) is 0 Å². The van der Waals surface area contributed by atoms with E-state index in [4.69, 9.17) is 0 Å². The minimum absolute atomic E-state index is 0.00849. The summed E-state index contributed by atoms with van der Waals surface area (Å²) in [5.41, 5.74) is 0. The Balaban J connectivity index is 0.000000366. The van der Waals surface area contributed by atoms with Crippen molar-refractivity contribution in [3.05, 3.63) is 0 Å². The third kappa shape index (κ3) is 14.2. The quantitative estimate of drug-likeness (QED) is 0.652. The predicted molar refractivity (Wildman–Crippen MR) is 76.0 cm³/mol. The molecule has 0 atom stereocenters. The first kappa shape index (κ1) is 17.2. The topological polar surface area (TPSA) is 34.1 Å². The summed E-state index contributed by atoms with van der Waals surface area (Å²) in [5.74, 6) is 1.02. The van der Waals surface area contributed by atoms with Gasteiger partial charge in [-0.2, -0.15) is 0 Å². The molecule has 0 spiro atoms. The average molecular weight is 283 g/mol. The van der Waals surface area contributed by atoms with Crippen molar-refractivity contribution < 1.29 is 8.42 Å². The standard InChI is InChI=1S/C11H22.C2H5ClO2S/c1-11-9-7-5-3-2-4-6-8-10-11;1-2-6(3,4)5/h11H,2-10H2,1H3;2H2,1H3. The minimum Gasteiger partial charge on any atom is -0.212 e. The van der Waals surface area contributed by atoms with Gasteiger partial charge >= 0.3 is 0 Å². The first-order valence-electron chi connectivity index (χ1n) is 6.88. The van der Waals surface area contributed by atoms with Gasteiger partial charge in [-0.3, -0.25) is 0 Å². The fourth-order valence-corrected chi connectivity index (χ4v) is 2.01. The van der Waals surface area contributed by atoms with Crippen molar-refractivity contribution in [2.24, 2.45) is 5.92 Å². The van der Waals surface area contributed by atoms with Gasteiger partial charge in [0.15, 0.2) is 0 Å². The van der Waals surface area contributed by atoms with Crippen LogP contribution in [0.4, 0.5) is 0 Å². The van der Waals surface area contributed by atoms with Gasteiger partial charge in [-0.1, -0.05) is 71.6 Å². The van der Waals surface area contributed by atoms with Crippen LogP contribution in [0.3, 0.4) is 0 Å². The van der Waals surface area contributed by atoms with Crippen molar-refractivity contribution in [3.63, 3.8) is 0 Å². The van der Waals surface area contributed by atoms with Gasteiger partial charge in [0.25, 0.3) is 0 Å². The molecule has 0 aromatic rings. The highest BCUT2D eigenvalue weighted by molar-refractivity contribution is 8.13. The number of hydrogen-bond donors (Lipinski definition) is 0. The Morgan fingerprint density at radius 2 is 1.24 bits per heavy atom. The van der Waals surface area contributed by atoms with Crippen molar-refractivity contribution in [2.45, 2.75) is 71.6 Å². The van der Waals surface area contributed by atoms with Crippen LogP contribution in [0.15, 0.2) is 0 Å². The van der Waals surface area contributed by atoms with Gasteiger partial charge in [0.1, 0.15) is 0 Å². The lowest BCUT2D eigenvalue weighted by Crippen LogP contribution is -1.96. The molecule has 4 heteroatoms. The first-order chi connectivity index (χ1) is 7.95. The van der Waals surface area contributed by atoms with E-state index in [2.05, 4.69) is 17.6 Å². The fraction of sp³-hybridized carbons (Fsp3) is 1.00. The fourth-order valence-electron chi connectivity index (χ4n) is 2.01. The predicted octanol–water partition coefficient (Wildman–Crippen LogP) is 4.72. The number of hydrogen-bond acceptors (Lipinski definition) is 2. The lowest BCUT2D eigenvalue weighted by Gasteiger charge is -2.12. The molecule has 0 aliphatic heterocycles. The molecule has 17 heavy (non-hydrogen) atoms. The van der Waals surface area contributed by atoms with E-state index >= 15 is 0 Å². The summed E-state index contributed by atoms with van der Waals surface area (Å²) in [6, 6.07) is 0. The van der Waals surface area contributed by atoms with E-state index in [0.29, 0.717) is 0 Å². The largest absolute Gasteiger partial charge is 0.232 e. The van der Waals surface area contributed by atoms with Crippen LogP contribution in [0.1, 0.15) is 71.6 Å². The van der Waals surface area contributed by atoms with E-state index in [-0.39, 0.29) is 5.75 Å². The Labute approximate surface area is 112 Å². The highest BCUT2D eigenvalue weighted by Gasteiger charge is 2.03. The van der Waals surface area contributed by atoms with Crippen LogP contribution in [0, 0.1) is 5.92 Å². The highest BCUT2D eigenvalue weighted by Crippen LogP contribution is 2.20. The molecule has 0 saturated heterocycles. The molecule has 1 aliphatic rings. The molecule has 1 rings (SSSR count). The monoisotopic (exact) mass is 282 g/mol. The third-order valence-electron chi connectivity index (χ3n) is 3.24. The van der Waals surface area contributed by atoms with Crippen LogP contribution in [0.5, 0.6) is 0 Å². The van der Waals surface area contributed by atoms with E-state index in [1.54, 1.807) is 0 Å². The minimum atomic E-state index is -3.19. The summed E-state index contributed by atoms with van der Waals surface area (Å²) in [7, 11) is 1.50. The molecule has 0 bridgehead atoms. The molecular formula is C13H27ClO2S. The zero-order chi connectivity index (χ0) is 13.1. The second-order valence-electron chi connectivity index (χ2n) is 4.98. The van der Waals surface area contributed by atoms with Gasteiger partial charge in [0, 0.05) is 10.7 Å². The van der Waals surface area contributed by atoms with Gasteiger partial charge < -0.3 is 0 Å². The molecule has 0 aromatic heterocycles. The lowest BCUT2D eigenvalue weighted by molar-refractivity contribution is 0.414. The highest BCUT2D eigenvalue weighted by atomic mass is 35.7. The smallest absolute Gasteiger partial charge is 0.212 e. The molecule has 1 aliphatic carbocycles. The summed E-state index contributed by atoms with van der Waals surface area (Å²) < 4.78 is 19.5. The molecule has 0 unspecified atom stereocenters. The van der Waals surface area contributed by atoms with Gasteiger partial charge in [0.2, 0.25) is 9.05 Å². The second kappa shape index (κ2) is 10.2. The van der Waals surface area contributed by atoms with Crippen LogP contribution in [-0.2, 0) is 9.05 Å². The van der Waals surface area contributed by atoms with Crippen molar-refractivity contribution in [3.8, 4) is 0 Å². The Bertz CT molecular complexity index is 253. The summed E-state index contributed by atoms with van der Waals surface area (Å²) in [6.45, 7) is 3.91. The molecule has 2 nitrogen and oxygen atoms in total. The van der Waals surface area contributed by atoms with Gasteiger partial charge in [-0.25, -0.2) is 8.42 Å². The van der Waals surface area contributed by atoms with E-state index in [9.17, 15) is 8.42 Å². The Morgan fingerprint density at radius 3 is 1.53 bits per heavy atom. The molecular weight excluding hydrogens is 256 g/mol. The summed E-state index contributed by atoms with van der Waals surface area (Å²) in [6.07, 6.45) is 13.4. The maximum absolute atomic E-state index is 9.77. The second-order valence-corrected chi connectivity index (χ2v) is 8.05. The Kier molecular flexibility index (Phi) is 10.3. The summed E-state index contributed by atoms with van der Waals surface area (Å²) in [4.78, 5) is 0. The molecule has 0 N–H and O–H groups in total. The SMILES string of the molecule is CC1CCCCCCCCC1.CCS(=O)(=O)Cl. The normalized spacial score (nSPS) is 20.2. The maximum atomic E-state index is 9.77. The van der Waals surface area contributed by atoms with Crippen LogP contribution >= 0.6 is 10.7 Å². The molecule has 1 fully saturated rings. The van der Waals surface area contributed by atoms with Crippen LogP contribution < -0.4 is 0 Å². The van der Waals surface area contributed by atoms with Gasteiger partial charge in [0.05, 0.1) is 5.75 Å². The van der Waals surface area contributed by atoms with Gasteiger partial charge in [-0.15, -0.1) is 0 Å². The number of halogens is 1. The van der Waals surface area contributed by atoms with Crippen molar-refractivity contribution in [1.82, 2.24) is 0 Å². The third-order valence-corrected chi connectivity index (χ3v) is 4.58. The molecule has 0 aromatic carbocycles. The Hall–Kier alpha value is 0.240. The van der Waals surface area contributed by atoms with E-state index in [1.165, 1.54) is 64.7 Å². The van der Waals surface area contributed by atoms with E-state index < -0.39 is 9.05 Å². The molecule has 1 saturated carbocycles. The number of rotatable bonds is 1. The molecule has 0 amide bonds. The van der Waals surface area contributed by atoms with Crippen molar-refractivity contribution in [2.75, 3.05) is 5.75 Å². The average Bonchev–Trinajstić information content (AvgIpc) is 2.27. The first-order valence-corrected chi connectivity index (χ1v) is 9.36. The molecule has 0 radical (unpaired) electrons.